The van der Waals surface area contributed by atoms with E-state index in [1.807, 2.05) is 0 Å². The highest BCUT2D eigenvalue weighted by atomic mass is 32.2. The summed E-state index contributed by atoms with van der Waals surface area (Å²) >= 11 is 0. The van der Waals surface area contributed by atoms with E-state index < -0.39 is 55.0 Å². The van der Waals surface area contributed by atoms with Gasteiger partial charge in [-0.05, 0) is 55.4 Å². The van der Waals surface area contributed by atoms with Crippen molar-refractivity contribution >= 4 is 27.7 Å². The third-order valence-corrected chi connectivity index (χ3v) is 7.03. The summed E-state index contributed by atoms with van der Waals surface area (Å²) in [5.74, 6) is -2.28. The molecule has 0 unspecified atom stereocenters. The Morgan fingerprint density at radius 2 is 1.52 bits per heavy atom. The number of ether oxygens (including phenoxy) is 2. The first-order chi connectivity index (χ1) is 11.9. The molecule has 2 atom stereocenters. The predicted molar refractivity (Wildman–Crippen MR) is 97.2 cm³/mol. The number of fused-ring (bicyclic) bond motifs is 1. The van der Waals surface area contributed by atoms with Crippen LogP contribution in [-0.4, -0.2) is 58.5 Å². The van der Waals surface area contributed by atoms with Crippen molar-refractivity contribution < 1.29 is 32.3 Å². The molecule has 2 rings (SSSR count). The maximum atomic E-state index is 13.0. The molecule has 0 saturated carbocycles. The van der Waals surface area contributed by atoms with Gasteiger partial charge in [-0.1, -0.05) is 0 Å². The van der Waals surface area contributed by atoms with E-state index >= 15 is 0 Å². The van der Waals surface area contributed by atoms with E-state index in [2.05, 4.69) is 0 Å². The van der Waals surface area contributed by atoms with Gasteiger partial charge in [-0.25, -0.2) is 18.0 Å². The quantitative estimate of drug-likeness (QED) is 0.390. The normalized spacial score (nSPS) is 27.8. The van der Waals surface area contributed by atoms with Gasteiger partial charge in [0.05, 0.1) is 5.57 Å². The van der Waals surface area contributed by atoms with Crippen LogP contribution in [0.25, 0.3) is 0 Å². The first-order valence-electron chi connectivity index (χ1n) is 8.64. The lowest BCUT2D eigenvalue weighted by atomic mass is 9.95. The Hall–Kier alpha value is -1.90. The number of carbonyl (C=O) groups excluding carboxylic acids is 3. The van der Waals surface area contributed by atoms with Gasteiger partial charge in [-0.2, -0.15) is 0 Å². The average molecular weight is 401 g/mol. The van der Waals surface area contributed by atoms with E-state index in [0.717, 1.165) is 11.0 Å². The second-order valence-corrected chi connectivity index (χ2v) is 11.9. The second-order valence-electron chi connectivity index (χ2n) is 9.28. The number of rotatable bonds is 2. The van der Waals surface area contributed by atoms with Gasteiger partial charge in [-0.3, -0.25) is 4.79 Å². The number of hydrogen-bond acceptors (Lipinski definition) is 7. The largest absolute Gasteiger partial charge is 0.458 e. The molecule has 0 aromatic heterocycles. The van der Waals surface area contributed by atoms with Crippen LogP contribution < -0.4 is 0 Å². The zero-order chi connectivity index (χ0) is 21.2. The summed E-state index contributed by atoms with van der Waals surface area (Å²) in [7, 11) is -3.96. The molecule has 8 nitrogen and oxygen atoms in total. The molecular formula is C18H27NO7S. The molecule has 2 aliphatic heterocycles. The minimum Gasteiger partial charge on any atom is -0.458 e. The fraction of sp³-hybridized carbons (Fsp3) is 0.722. The number of amides is 1. The summed E-state index contributed by atoms with van der Waals surface area (Å²) in [6, 6.07) is -1.28. The summed E-state index contributed by atoms with van der Waals surface area (Å²) in [6.07, 6.45) is 0.903. The Bertz CT molecular complexity index is 825. The highest BCUT2D eigenvalue weighted by Gasteiger charge is 2.70. The Labute approximate surface area is 159 Å². The number of β-lactam (4-membered cyclic amide) rings is 1. The van der Waals surface area contributed by atoms with E-state index in [1.54, 1.807) is 41.5 Å². The Balaban J connectivity index is 2.42. The van der Waals surface area contributed by atoms with Crippen molar-refractivity contribution in [1.29, 1.82) is 0 Å². The molecule has 0 spiro atoms. The smallest absolute Gasteiger partial charge is 0.331 e. The zero-order valence-electron chi connectivity index (χ0n) is 16.9. The molecule has 0 radical (unpaired) electrons. The Morgan fingerprint density at radius 1 is 1.04 bits per heavy atom. The first-order valence-corrected chi connectivity index (χ1v) is 10.2. The van der Waals surface area contributed by atoms with Crippen molar-refractivity contribution in [2.24, 2.45) is 0 Å². The lowest BCUT2D eigenvalue weighted by Crippen LogP contribution is -2.59. The van der Waals surface area contributed by atoms with E-state index in [9.17, 15) is 22.8 Å². The van der Waals surface area contributed by atoms with Crippen LogP contribution in [-0.2, 0) is 33.7 Å². The molecule has 2 fully saturated rings. The lowest BCUT2D eigenvalue weighted by molar-refractivity contribution is -0.166. The molecular weight excluding hydrogens is 374 g/mol. The highest BCUT2D eigenvalue weighted by Crippen LogP contribution is 2.48. The van der Waals surface area contributed by atoms with Crippen molar-refractivity contribution in [1.82, 2.24) is 4.90 Å². The van der Waals surface area contributed by atoms with E-state index in [-0.39, 0.29) is 5.57 Å². The van der Waals surface area contributed by atoms with Crippen molar-refractivity contribution in [3.05, 3.63) is 11.6 Å². The van der Waals surface area contributed by atoms with Gasteiger partial charge in [-0.15, -0.1) is 0 Å². The van der Waals surface area contributed by atoms with Gasteiger partial charge >= 0.3 is 11.9 Å². The molecule has 2 aliphatic rings. The standard InChI is InChI=1S/C18H27NO7S/c1-16(2,3)25-11(20)9-10-13(21)19-12(15(22)26-17(4,5)6)18(7,8)27(23,24)14(10)19/h9,12,14H,1-8H3/b10-9-/t12-,14+/m0/s1. The Kier molecular flexibility index (Phi) is 4.80. The van der Waals surface area contributed by atoms with Crippen molar-refractivity contribution in [2.75, 3.05) is 0 Å². The van der Waals surface area contributed by atoms with Gasteiger partial charge in [0.2, 0.25) is 0 Å². The van der Waals surface area contributed by atoms with Crippen LogP contribution >= 0.6 is 0 Å². The van der Waals surface area contributed by atoms with Crippen molar-refractivity contribution in [3.8, 4) is 0 Å². The van der Waals surface area contributed by atoms with Gasteiger partial charge in [0.25, 0.3) is 5.91 Å². The van der Waals surface area contributed by atoms with Crippen molar-refractivity contribution in [3.63, 3.8) is 0 Å². The topological polar surface area (TPSA) is 107 Å². The molecule has 2 saturated heterocycles. The molecule has 0 aromatic carbocycles. The molecule has 152 valence electrons. The summed E-state index contributed by atoms with van der Waals surface area (Å²) in [5.41, 5.74) is -1.81. The van der Waals surface area contributed by atoms with Gasteiger partial charge in [0, 0.05) is 6.08 Å². The number of hydrogen-bond donors (Lipinski definition) is 0. The van der Waals surface area contributed by atoms with Crippen LogP contribution in [0.1, 0.15) is 55.4 Å². The highest BCUT2D eigenvalue weighted by molar-refractivity contribution is 7.94. The Morgan fingerprint density at radius 3 is 1.96 bits per heavy atom. The van der Waals surface area contributed by atoms with Crippen LogP contribution in [0, 0.1) is 0 Å². The average Bonchev–Trinajstić information content (AvgIpc) is 2.54. The first kappa shape index (κ1) is 21.4. The number of esters is 2. The van der Waals surface area contributed by atoms with E-state index in [1.165, 1.54) is 13.8 Å². The molecule has 2 heterocycles. The minimum atomic E-state index is -3.96. The third-order valence-electron chi connectivity index (χ3n) is 4.27. The molecule has 1 amide bonds. The molecule has 0 aromatic rings. The molecule has 9 heteroatoms. The van der Waals surface area contributed by atoms with Crippen molar-refractivity contribution in [2.45, 2.75) is 82.8 Å². The number of nitrogens with zero attached hydrogens (tertiary/aromatic N) is 1. The van der Waals surface area contributed by atoms with E-state index in [4.69, 9.17) is 9.47 Å². The second kappa shape index (κ2) is 6.05. The van der Waals surface area contributed by atoms with Gasteiger partial charge in [0.15, 0.2) is 21.3 Å². The molecule has 0 aliphatic carbocycles. The lowest BCUT2D eigenvalue weighted by Gasteiger charge is -2.39. The number of sulfone groups is 1. The summed E-state index contributed by atoms with van der Waals surface area (Å²) in [6.45, 7) is 12.7. The van der Waals surface area contributed by atoms with Crippen LogP contribution in [0.5, 0.6) is 0 Å². The SMILES string of the molecule is CC(C)(C)OC(=O)/C=C1/C(=O)N2[C@@H](C(=O)OC(C)(C)C)C(C)(C)S(=O)(=O)[C@H]12. The van der Waals surface area contributed by atoms with Crippen LogP contribution in [0.2, 0.25) is 0 Å². The number of carbonyl (C=O) groups is 3. The maximum absolute atomic E-state index is 13.0. The monoisotopic (exact) mass is 401 g/mol. The van der Waals surface area contributed by atoms with Crippen LogP contribution in [0.4, 0.5) is 0 Å². The summed E-state index contributed by atoms with van der Waals surface area (Å²) in [4.78, 5) is 38.2. The van der Waals surface area contributed by atoms with Crippen LogP contribution in [0.3, 0.4) is 0 Å². The zero-order valence-corrected chi connectivity index (χ0v) is 17.8. The summed E-state index contributed by atoms with van der Waals surface area (Å²) < 4.78 is 34.9. The fourth-order valence-electron chi connectivity index (χ4n) is 3.14. The molecule has 0 bridgehead atoms. The predicted octanol–water partition coefficient (Wildman–Crippen LogP) is 1.34. The van der Waals surface area contributed by atoms with Gasteiger partial charge in [0.1, 0.15) is 15.9 Å². The molecule has 27 heavy (non-hydrogen) atoms. The maximum Gasteiger partial charge on any atom is 0.331 e. The third kappa shape index (κ3) is 3.61. The van der Waals surface area contributed by atoms with Gasteiger partial charge < -0.3 is 14.4 Å². The molecule has 0 N–H and O–H groups in total. The fourth-order valence-corrected chi connectivity index (χ4v) is 5.25. The summed E-state index contributed by atoms with van der Waals surface area (Å²) in [5, 5.41) is -1.36. The van der Waals surface area contributed by atoms with Crippen LogP contribution in [0.15, 0.2) is 11.6 Å². The van der Waals surface area contributed by atoms with E-state index in [0.29, 0.717) is 0 Å². The minimum absolute atomic E-state index is 0.191.